The molecule has 1 saturated heterocycles. The number of hydrogen-bond acceptors (Lipinski definition) is 2. The summed E-state index contributed by atoms with van der Waals surface area (Å²) >= 11 is 3.18. The Bertz CT molecular complexity index is 422. The minimum Gasteiger partial charge on any atom is -0.398 e. The van der Waals surface area contributed by atoms with Crippen LogP contribution in [0.5, 0.6) is 0 Å². The topological polar surface area (TPSA) is 55.1 Å². The van der Waals surface area contributed by atoms with Crippen LogP contribution in [-0.2, 0) is 4.79 Å². The van der Waals surface area contributed by atoms with Gasteiger partial charge in [0.15, 0.2) is 0 Å². The van der Waals surface area contributed by atoms with E-state index in [0.717, 1.165) is 0 Å². The molecule has 1 atom stereocenters. The van der Waals surface area contributed by atoms with Crippen LogP contribution in [0.3, 0.4) is 0 Å². The number of nitrogens with two attached hydrogens (primary N) is 1. The highest BCUT2D eigenvalue weighted by Crippen LogP contribution is 2.33. The first-order valence-corrected chi connectivity index (χ1v) is 5.41. The van der Waals surface area contributed by atoms with E-state index in [1.807, 2.05) is 0 Å². The number of carbonyl (C=O) groups is 1. The Morgan fingerprint density at radius 2 is 2.27 bits per heavy atom. The number of amides is 1. The van der Waals surface area contributed by atoms with Gasteiger partial charge in [-0.25, -0.2) is 4.39 Å². The quantitative estimate of drug-likeness (QED) is 0.770. The van der Waals surface area contributed by atoms with Crippen molar-refractivity contribution in [3.05, 3.63) is 28.0 Å². The largest absolute Gasteiger partial charge is 0.398 e. The smallest absolute Gasteiger partial charge is 0.220 e. The van der Waals surface area contributed by atoms with Crippen LogP contribution in [0.25, 0.3) is 0 Å². The van der Waals surface area contributed by atoms with Gasteiger partial charge in [-0.1, -0.05) is 0 Å². The van der Waals surface area contributed by atoms with Crippen LogP contribution >= 0.6 is 15.9 Å². The fraction of sp³-hybridized carbons (Fsp3) is 0.300. The highest BCUT2D eigenvalue weighted by atomic mass is 79.9. The second-order valence-electron chi connectivity index (χ2n) is 3.55. The average molecular weight is 273 g/mol. The molecule has 0 bridgehead atoms. The number of halogens is 2. The zero-order valence-electron chi connectivity index (χ0n) is 7.89. The number of benzene rings is 1. The summed E-state index contributed by atoms with van der Waals surface area (Å²) in [6.45, 7) is 0. The zero-order valence-corrected chi connectivity index (χ0v) is 9.47. The molecule has 0 radical (unpaired) electrons. The van der Waals surface area contributed by atoms with Crippen LogP contribution in [-0.4, -0.2) is 5.91 Å². The number of hydrogen-bond donors (Lipinski definition) is 2. The molecule has 1 amide bonds. The fourth-order valence-electron chi connectivity index (χ4n) is 1.74. The minimum atomic E-state index is -0.354. The fourth-order valence-corrected chi connectivity index (χ4v) is 2.19. The van der Waals surface area contributed by atoms with E-state index in [4.69, 9.17) is 5.73 Å². The maximum absolute atomic E-state index is 13.2. The first kappa shape index (κ1) is 10.4. The van der Waals surface area contributed by atoms with Gasteiger partial charge >= 0.3 is 0 Å². The molecule has 0 saturated carbocycles. The number of anilines is 1. The third kappa shape index (κ3) is 1.97. The molecule has 80 valence electrons. The Labute approximate surface area is 95.0 Å². The normalized spacial score (nSPS) is 20.4. The van der Waals surface area contributed by atoms with E-state index in [2.05, 4.69) is 21.2 Å². The molecule has 3 N–H and O–H groups in total. The third-order valence-corrected chi connectivity index (χ3v) is 3.15. The molecule has 1 fully saturated rings. The van der Waals surface area contributed by atoms with E-state index in [9.17, 15) is 9.18 Å². The van der Waals surface area contributed by atoms with Gasteiger partial charge < -0.3 is 11.1 Å². The Balaban J connectivity index is 2.39. The summed E-state index contributed by atoms with van der Waals surface area (Å²) in [4.78, 5) is 11.1. The van der Waals surface area contributed by atoms with Gasteiger partial charge in [0.25, 0.3) is 0 Å². The predicted octanol–water partition coefficient (Wildman–Crippen LogP) is 2.12. The van der Waals surface area contributed by atoms with E-state index >= 15 is 0 Å². The van der Waals surface area contributed by atoms with Crippen LogP contribution in [0.2, 0.25) is 0 Å². The Hall–Kier alpha value is -1.10. The van der Waals surface area contributed by atoms with Gasteiger partial charge in [-0.3, -0.25) is 4.79 Å². The lowest BCUT2D eigenvalue weighted by molar-refractivity contribution is -0.119. The van der Waals surface area contributed by atoms with Gasteiger partial charge in [0.2, 0.25) is 5.91 Å². The Morgan fingerprint density at radius 1 is 1.53 bits per heavy atom. The van der Waals surface area contributed by atoms with Crippen LogP contribution in [0.15, 0.2) is 16.6 Å². The van der Waals surface area contributed by atoms with Gasteiger partial charge in [-0.15, -0.1) is 0 Å². The van der Waals surface area contributed by atoms with E-state index in [0.29, 0.717) is 28.6 Å². The lowest BCUT2D eigenvalue weighted by atomic mass is 10.0. The first-order valence-electron chi connectivity index (χ1n) is 4.61. The van der Waals surface area contributed by atoms with Crippen molar-refractivity contribution < 1.29 is 9.18 Å². The summed E-state index contributed by atoms with van der Waals surface area (Å²) in [6.07, 6.45) is 1.14. The maximum Gasteiger partial charge on any atom is 0.220 e. The maximum atomic E-state index is 13.2. The highest BCUT2D eigenvalue weighted by molar-refractivity contribution is 9.10. The molecule has 1 unspecified atom stereocenters. The summed E-state index contributed by atoms with van der Waals surface area (Å²) in [5.74, 6) is -0.369. The summed E-state index contributed by atoms with van der Waals surface area (Å²) in [7, 11) is 0. The monoisotopic (exact) mass is 272 g/mol. The molecule has 1 heterocycles. The van der Waals surface area contributed by atoms with Crippen molar-refractivity contribution >= 4 is 27.5 Å². The molecule has 1 aromatic carbocycles. The third-order valence-electron chi connectivity index (χ3n) is 2.50. The van der Waals surface area contributed by atoms with Crippen molar-refractivity contribution in [3.8, 4) is 0 Å². The lowest BCUT2D eigenvalue weighted by Gasteiger charge is -2.14. The summed E-state index contributed by atoms with van der Waals surface area (Å²) in [5.41, 5.74) is 6.95. The second-order valence-corrected chi connectivity index (χ2v) is 4.40. The summed E-state index contributed by atoms with van der Waals surface area (Å²) < 4.78 is 13.7. The standard InChI is InChI=1S/C10H10BrFN2O/c11-7-4-5(12)3-6(10(7)13)8-1-2-9(15)14-8/h3-4,8H,1-2,13H2,(H,14,15). The number of rotatable bonds is 1. The second kappa shape index (κ2) is 3.81. The van der Waals surface area contributed by atoms with Crippen molar-refractivity contribution in [2.24, 2.45) is 0 Å². The van der Waals surface area contributed by atoms with Crippen LogP contribution in [0.1, 0.15) is 24.4 Å². The molecule has 0 spiro atoms. The molecule has 15 heavy (non-hydrogen) atoms. The van der Waals surface area contributed by atoms with Crippen molar-refractivity contribution in [2.75, 3.05) is 5.73 Å². The SMILES string of the molecule is Nc1c(Br)cc(F)cc1C1CCC(=O)N1. The van der Waals surface area contributed by atoms with Crippen LogP contribution in [0, 0.1) is 5.82 Å². The Morgan fingerprint density at radius 3 is 2.87 bits per heavy atom. The minimum absolute atomic E-state index is 0.0141. The van der Waals surface area contributed by atoms with E-state index in [1.54, 1.807) is 0 Å². The number of nitrogens with one attached hydrogen (secondary N) is 1. The van der Waals surface area contributed by atoms with Crippen molar-refractivity contribution in [3.63, 3.8) is 0 Å². The van der Waals surface area contributed by atoms with Crippen molar-refractivity contribution in [1.82, 2.24) is 5.32 Å². The molecule has 1 aliphatic rings. The van der Waals surface area contributed by atoms with Crippen molar-refractivity contribution in [2.45, 2.75) is 18.9 Å². The number of carbonyl (C=O) groups excluding carboxylic acids is 1. The molecule has 1 aromatic rings. The average Bonchev–Trinajstić information content (AvgIpc) is 2.58. The molecular formula is C10H10BrFN2O. The Kier molecular flexibility index (Phi) is 2.65. The molecule has 2 rings (SSSR count). The lowest BCUT2D eigenvalue weighted by Crippen LogP contribution is -2.19. The molecule has 3 nitrogen and oxygen atoms in total. The van der Waals surface area contributed by atoms with E-state index < -0.39 is 0 Å². The van der Waals surface area contributed by atoms with Gasteiger partial charge in [-0.05, 0) is 34.5 Å². The molecule has 1 aliphatic heterocycles. The van der Waals surface area contributed by atoms with Gasteiger partial charge in [0.05, 0.1) is 11.7 Å². The van der Waals surface area contributed by atoms with Crippen molar-refractivity contribution in [1.29, 1.82) is 0 Å². The molecule has 5 heteroatoms. The van der Waals surface area contributed by atoms with Crippen LogP contribution in [0.4, 0.5) is 10.1 Å². The summed E-state index contributed by atoms with van der Waals surface area (Å²) in [6, 6.07) is 2.52. The zero-order chi connectivity index (χ0) is 11.0. The summed E-state index contributed by atoms with van der Waals surface area (Å²) in [5, 5.41) is 2.76. The van der Waals surface area contributed by atoms with E-state index in [1.165, 1.54) is 12.1 Å². The van der Waals surface area contributed by atoms with Gasteiger partial charge in [-0.2, -0.15) is 0 Å². The first-order chi connectivity index (χ1) is 7.08. The molecular weight excluding hydrogens is 263 g/mol. The van der Waals surface area contributed by atoms with Crippen LogP contribution < -0.4 is 11.1 Å². The number of nitrogen functional groups attached to an aromatic ring is 1. The van der Waals surface area contributed by atoms with E-state index in [-0.39, 0.29) is 17.8 Å². The van der Waals surface area contributed by atoms with Gasteiger partial charge in [0.1, 0.15) is 5.82 Å². The highest BCUT2D eigenvalue weighted by Gasteiger charge is 2.25. The molecule has 0 aliphatic carbocycles. The predicted molar refractivity (Wildman–Crippen MR) is 58.6 cm³/mol. The molecule has 0 aromatic heterocycles. The van der Waals surface area contributed by atoms with Gasteiger partial charge in [0, 0.05) is 16.5 Å².